The molecule has 0 amide bonds. The Labute approximate surface area is 111 Å². The quantitative estimate of drug-likeness (QED) is 0.736. The molecule has 1 heteroatoms. The molecule has 0 heterocycles. The summed E-state index contributed by atoms with van der Waals surface area (Å²) >= 11 is 0. The van der Waals surface area contributed by atoms with Crippen LogP contribution < -0.4 is 4.90 Å². The Morgan fingerprint density at radius 2 is 1.56 bits per heavy atom. The number of benzene rings is 1. The van der Waals surface area contributed by atoms with E-state index in [4.69, 9.17) is 0 Å². The second kappa shape index (κ2) is 4.64. The second-order valence-electron chi connectivity index (χ2n) is 5.48. The third-order valence-corrected chi connectivity index (χ3v) is 4.32. The van der Waals surface area contributed by atoms with Gasteiger partial charge in [-0.2, -0.15) is 0 Å². The molecule has 0 fully saturated rings. The van der Waals surface area contributed by atoms with E-state index in [0.29, 0.717) is 5.92 Å². The van der Waals surface area contributed by atoms with Gasteiger partial charge in [-0.25, -0.2) is 0 Å². The van der Waals surface area contributed by atoms with Crippen molar-refractivity contribution >= 4 is 11.3 Å². The Bertz CT molecular complexity index is 532. The molecular formula is C17H23N. The van der Waals surface area contributed by atoms with Crippen molar-refractivity contribution in [2.24, 2.45) is 5.92 Å². The lowest BCUT2D eigenvalue weighted by Gasteiger charge is -2.21. The topological polar surface area (TPSA) is 3.24 Å². The molecule has 96 valence electrons. The summed E-state index contributed by atoms with van der Waals surface area (Å²) in [5.41, 5.74) is 8.61. The number of hydrogen-bond acceptors (Lipinski definition) is 1. The maximum Gasteiger partial charge on any atom is 0.0437 e. The van der Waals surface area contributed by atoms with Gasteiger partial charge in [0, 0.05) is 31.3 Å². The number of rotatable bonds is 2. The van der Waals surface area contributed by atoms with Crippen LogP contribution in [0, 0.1) is 5.92 Å². The van der Waals surface area contributed by atoms with Gasteiger partial charge in [0.2, 0.25) is 0 Å². The summed E-state index contributed by atoms with van der Waals surface area (Å²) in [6.45, 7) is 9.07. The van der Waals surface area contributed by atoms with Crippen LogP contribution >= 0.6 is 0 Å². The van der Waals surface area contributed by atoms with Crippen LogP contribution in [0.1, 0.15) is 33.3 Å². The molecule has 0 aromatic heterocycles. The number of hydrogen-bond donors (Lipinski definition) is 0. The van der Waals surface area contributed by atoms with Gasteiger partial charge in [0.15, 0.2) is 0 Å². The van der Waals surface area contributed by atoms with Crippen LogP contribution in [0.25, 0.3) is 5.57 Å². The zero-order valence-corrected chi connectivity index (χ0v) is 12.3. The molecule has 0 saturated carbocycles. The molecule has 0 radical (unpaired) electrons. The molecule has 1 aromatic carbocycles. The Morgan fingerprint density at radius 1 is 0.944 bits per heavy atom. The van der Waals surface area contributed by atoms with Gasteiger partial charge in [-0.05, 0) is 43.6 Å². The lowest BCUT2D eigenvalue weighted by molar-refractivity contribution is 0.893. The van der Waals surface area contributed by atoms with Crippen LogP contribution in [0.5, 0.6) is 0 Å². The van der Waals surface area contributed by atoms with Gasteiger partial charge in [0.05, 0.1) is 0 Å². The molecule has 1 nitrogen and oxygen atoms in total. The van der Waals surface area contributed by atoms with Crippen molar-refractivity contribution in [2.45, 2.75) is 27.7 Å². The Kier molecular flexibility index (Phi) is 3.34. The van der Waals surface area contributed by atoms with E-state index in [1.165, 1.54) is 33.5 Å². The third kappa shape index (κ3) is 1.88. The largest absolute Gasteiger partial charge is 0.377 e. The predicted molar refractivity (Wildman–Crippen MR) is 80.9 cm³/mol. The molecule has 1 atom stereocenters. The predicted octanol–water partition coefficient (Wildman–Crippen LogP) is 4.51. The van der Waals surface area contributed by atoms with Crippen LogP contribution in [-0.2, 0) is 0 Å². The maximum atomic E-state index is 2.32. The molecular weight excluding hydrogens is 218 g/mol. The van der Waals surface area contributed by atoms with E-state index in [1.54, 1.807) is 0 Å². The van der Waals surface area contributed by atoms with Crippen molar-refractivity contribution in [3.63, 3.8) is 0 Å². The monoisotopic (exact) mass is 241 g/mol. The zero-order chi connectivity index (χ0) is 13.4. The Balaban J connectivity index is 2.59. The number of nitrogens with zero attached hydrogens (tertiary/aromatic N) is 1. The highest BCUT2D eigenvalue weighted by Gasteiger charge is 2.26. The van der Waals surface area contributed by atoms with E-state index in [2.05, 4.69) is 71.0 Å². The van der Waals surface area contributed by atoms with Gasteiger partial charge in [0.1, 0.15) is 0 Å². The molecule has 0 bridgehead atoms. The highest BCUT2D eigenvalue weighted by Crippen LogP contribution is 2.44. The molecule has 2 rings (SSSR count). The van der Waals surface area contributed by atoms with E-state index < -0.39 is 0 Å². The first-order valence-corrected chi connectivity index (χ1v) is 6.60. The van der Waals surface area contributed by atoms with E-state index in [9.17, 15) is 0 Å². The molecule has 1 unspecified atom stereocenters. The number of anilines is 1. The maximum absolute atomic E-state index is 2.32. The highest BCUT2D eigenvalue weighted by atomic mass is 15.1. The average molecular weight is 241 g/mol. The first-order valence-electron chi connectivity index (χ1n) is 6.60. The summed E-state index contributed by atoms with van der Waals surface area (Å²) in [6.07, 6.45) is 0. The van der Waals surface area contributed by atoms with Gasteiger partial charge in [-0.15, -0.1) is 0 Å². The van der Waals surface area contributed by atoms with Crippen LogP contribution in [0.4, 0.5) is 5.69 Å². The number of para-hydroxylation sites is 1. The van der Waals surface area contributed by atoms with Crippen molar-refractivity contribution in [2.75, 3.05) is 19.0 Å². The summed E-state index contributed by atoms with van der Waals surface area (Å²) in [5, 5.41) is 0. The Hall–Kier alpha value is -1.50. The minimum Gasteiger partial charge on any atom is -0.377 e. The van der Waals surface area contributed by atoms with E-state index in [-0.39, 0.29) is 0 Å². The standard InChI is InChI=1S/C17H23N/c1-11-12(2)14(4)17(13(11)3)15-9-7-8-10-16(15)18(5)6/h7-10,13H,1-6H3. The van der Waals surface area contributed by atoms with Gasteiger partial charge in [-0.3, -0.25) is 0 Å². The highest BCUT2D eigenvalue weighted by molar-refractivity contribution is 5.85. The minimum atomic E-state index is 0.533. The van der Waals surface area contributed by atoms with Crippen molar-refractivity contribution in [3.05, 3.63) is 46.5 Å². The Morgan fingerprint density at radius 3 is 2.06 bits per heavy atom. The lowest BCUT2D eigenvalue weighted by Crippen LogP contribution is -2.12. The molecule has 1 aliphatic rings. The van der Waals surface area contributed by atoms with E-state index in [1.807, 2.05) is 0 Å². The molecule has 0 spiro atoms. The molecule has 1 aromatic rings. The van der Waals surface area contributed by atoms with Gasteiger partial charge in [0.25, 0.3) is 0 Å². The van der Waals surface area contributed by atoms with Gasteiger partial charge in [-0.1, -0.05) is 30.7 Å². The number of allylic oxidation sites excluding steroid dienone is 4. The first kappa shape index (κ1) is 12.9. The molecule has 0 saturated heterocycles. The normalized spacial score (nSPS) is 19.8. The molecule has 18 heavy (non-hydrogen) atoms. The van der Waals surface area contributed by atoms with Crippen LogP contribution in [0.2, 0.25) is 0 Å². The second-order valence-corrected chi connectivity index (χ2v) is 5.48. The first-order chi connectivity index (χ1) is 8.45. The fourth-order valence-electron chi connectivity index (χ4n) is 2.89. The molecule has 0 aliphatic heterocycles. The van der Waals surface area contributed by atoms with Gasteiger partial charge < -0.3 is 4.90 Å². The lowest BCUT2D eigenvalue weighted by atomic mass is 9.90. The van der Waals surface area contributed by atoms with Crippen molar-refractivity contribution in [1.82, 2.24) is 0 Å². The van der Waals surface area contributed by atoms with Crippen LogP contribution in [-0.4, -0.2) is 14.1 Å². The fraction of sp³-hybridized carbons (Fsp3) is 0.412. The summed E-state index contributed by atoms with van der Waals surface area (Å²) in [4.78, 5) is 2.20. The molecule has 0 N–H and O–H groups in total. The summed E-state index contributed by atoms with van der Waals surface area (Å²) in [5.74, 6) is 0.533. The minimum absolute atomic E-state index is 0.533. The van der Waals surface area contributed by atoms with Gasteiger partial charge >= 0.3 is 0 Å². The summed E-state index contributed by atoms with van der Waals surface area (Å²) in [6, 6.07) is 8.70. The van der Waals surface area contributed by atoms with Crippen molar-refractivity contribution < 1.29 is 0 Å². The zero-order valence-electron chi connectivity index (χ0n) is 12.3. The van der Waals surface area contributed by atoms with E-state index >= 15 is 0 Å². The smallest absolute Gasteiger partial charge is 0.0437 e. The SMILES string of the molecule is CC1=C(C)C(C)C(c2ccccc2N(C)C)=C1C. The fourth-order valence-corrected chi connectivity index (χ4v) is 2.89. The van der Waals surface area contributed by atoms with E-state index in [0.717, 1.165) is 0 Å². The van der Waals surface area contributed by atoms with Crippen LogP contribution in [0.15, 0.2) is 41.0 Å². The third-order valence-electron chi connectivity index (χ3n) is 4.32. The average Bonchev–Trinajstić information content (AvgIpc) is 2.54. The van der Waals surface area contributed by atoms with Crippen molar-refractivity contribution in [1.29, 1.82) is 0 Å². The van der Waals surface area contributed by atoms with Crippen LogP contribution in [0.3, 0.4) is 0 Å². The molecule has 1 aliphatic carbocycles. The summed E-state index contributed by atoms with van der Waals surface area (Å²) < 4.78 is 0. The summed E-state index contributed by atoms with van der Waals surface area (Å²) in [7, 11) is 4.23. The van der Waals surface area contributed by atoms with Crippen molar-refractivity contribution in [3.8, 4) is 0 Å².